The molecule has 0 saturated carbocycles. The summed E-state index contributed by atoms with van der Waals surface area (Å²) in [6.07, 6.45) is 2.34. The van der Waals surface area contributed by atoms with Crippen molar-refractivity contribution in [1.82, 2.24) is 0 Å². The van der Waals surface area contributed by atoms with Gasteiger partial charge in [-0.1, -0.05) is 29.3 Å². The van der Waals surface area contributed by atoms with E-state index in [0.717, 1.165) is 28.8 Å². The van der Waals surface area contributed by atoms with Gasteiger partial charge in [-0.15, -0.1) is 0 Å². The van der Waals surface area contributed by atoms with Crippen LogP contribution in [0.2, 0.25) is 0 Å². The number of nitriles is 1. The van der Waals surface area contributed by atoms with Crippen LogP contribution in [0.1, 0.15) is 36.5 Å². The summed E-state index contributed by atoms with van der Waals surface area (Å²) >= 11 is 3.53. The lowest BCUT2D eigenvalue weighted by atomic mass is 10.1. The van der Waals surface area contributed by atoms with Crippen molar-refractivity contribution in [1.29, 1.82) is 5.26 Å². The van der Waals surface area contributed by atoms with E-state index in [1.165, 1.54) is 12.8 Å². The van der Waals surface area contributed by atoms with Crippen molar-refractivity contribution in [2.24, 2.45) is 5.92 Å². The first-order valence-electron chi connectivity index (χ1n) is 6.32. The molecule has 0 bridgehead atoms. The maximum Gasteiger partial charge on any atom is 0.125 e. The van der Waals surface area contributed by atoms with Crippen LogP contribution in [0.4, 0.5) is 0 Å². The van der Waals surface area contributed by atoms with E-state index in [2.05, 4.69) is 28.9 Å². The monoisotopic (exact) mass is 309 g/mol. The number of hydrogen-bond donors (Lipinski definition) is 0. The second kappa shape index (κ2) is 7.43. The minimum Gasteiger partial charge on any atom is -0.493 e. The van der Waals surface area contributed by atoms with E-state index >= 15 is 0 Å². The standard InChI is InChI=1S/C15H20BrNO/c1-4-5-13(8-16)10-18-15-11(2)6-14(9-17)7-12(15)3/h6-7,13H,4-5,8,10H2,1-3H3. The van der Waals surface area contributed by atoms with Crippen LogP contribution in [0, 0.1) is 31.1 Å². The number of benzene rings is 1. The molecule has 0 radical (unpaired) electrons. The smallest absolute Gasteiger partial charge is 0.125 e. The highest BCUT2D eigenvalue weighted by Crippen LogP contribution is 2.25. The Kier molecular flexibility index (Phi) is 6.21. The van der Waals surface area contributed by atoms with Crippen molar-refractivity contribution >= 4 is 15.9 Å². The molecule has 0 spiro atoms. The molecule has 1 atom stereocenters. The Labute approximate surface area is 118 Å². The number of nitrogens with zero attached hydrogens (tertiary/aromatic N) is 1. The summed E-state index contributed by atoms with van der Waals surface area (Å²) in [5, 5.41) is 9.87. The van der Waals surface area contributed by atoms with Gasteiger partial charge in [0, 0.05) is 11.2 Å². The molecule has 0 aromatic heterocycles. The average molecular weight is 310 g/mol. The highest BCUT2D eigenvalue weighted by Gasteiger charge is 2.10. The van der Waals surface area contributed by atoms with Crippen molar-refractivity contribution in [2.75, 3.05) is 11.9 Å². The fourth-order valence-electron chi connectivity index (χ4n) is 2.06. The van der Waals surface area contributed by atoms with E-state index in [9.17, 15) is 0 Å². The van der Waals surface area contributed by atoms with Crippen molar-refractivity contribution < 1.29 is 4.74 Å². The van der Waals surface area contributed by atoms with Crippen molar-refractivity contribution in [3.63, 3.8) is 0 Å². The molecule has 0 aliphatic rings. The van der Waals surface area contributed by atoms with Gasteiger partial charge in [-0.25, -0.2) is 0 Å². The van der Waals surface area contributed by atoms with Crippen molar-refractivity contribution in [2.45, 2.75) is 33.6 Å². The number of aryl methyl sites for hydroxylation is 2. The minimum absolute atomic E-state index is 0.546. The van der Waals surface area contributed by atoms with Gasteiger partial charge in [-0.2, -0.15) is 5.26 Å². The van der Waals surface area contributed by atoms with E-state index in [4.69, 9.17) is 10.00 Å². The Hall–Kier alpha value is -1.01. The Morgan fingerprint density at radius 2 is 1.94 bits per heavy atom. The van der Waals surface area contributed by atoms with Crippen LogP contribution in [0.3, 0.4) is 0 Å². The lowest BCUT2D eigenvalue weighted by molar-refractivity contribution is 0.252. The molecule has 1 aromatic rings. The number of halogens is 1. The van der Waals surface area contributed by atoms with Crippen molar-refractivity contribution in [3.05, 3.63) is 28.8 Å². The van der Waals surface area contributed by atoms with Crippen LogP contribution in [0.15, 0.2) is 12.1 Å². The second-order valence-electron chi connectivity index (χ2n) is 4.67. The average Bonchev–Trinajstić information content (AvgIpc) is 2.36. The summed E-state index contributed by atoms with van der Waals surface area (Å²) in [5.74, 6) is 1.47. The summed E-state index contributed by atoms with van der Waals surface area (Å²) in [6.45, 7) is 6.90. The quantitative estimate of drug-likeness (QED) is 0.731. The van der Waals surface area contributed by atoms with E-state index in [1.807, 2.05) is 26.0 Å². The third-order valence-corrected chi connectivity index (χ3v) is 3.88. The molecule has 0 fully saturated rings. The van der Waals surface area contributed by atoms with Gasteiger partial charge in [0.1, 0.15) is 5.75 Å². The third-order valence-electron chi connectivity index (χ3n) is 2.97. The molecule has 3 heteroatoms. The molecule has 0 aliphatic carbocycles. The van der Waals surface area contributed by atoms with E-state index in [-0.39, 0.29) is 0 Å². The first kappa shape index (κ1) is 15.0. The van der Waals surface area contributed by atoms with E-state index in [1.54, 1.807) is 0 Å². The summed E-state index contributed by atoms with van der Waals surface area (Å²) in [6, 6.07) is 5.93. The van der Waals surface area contributed by atoms with Gasteiger partial charge in [0.25, 0.3) is 0 Å². The van der Waals surface area contributed by atoms with Crippen LogP contribution in [0.5, 0.6) is 5.75 Å². The van der Waals surface area contributed by atoms with Gasteiger partial charge in [0.05, 0.1) is 18.2 Å². The molecule has 1 aromatic carbocycles. The van der Waals surface area contributed by atoms with Gasteiger partial charge in [-0.3, -0.25) is 0 Å². The van der Waals surface area contributed by atoms with Crippen molar-refractivity contribution in [3.8, 4) is 11.8 Å². The highest BCUT2D eigenvalue weighted by atomic mass is 79.9. The zero-order valence-electron chi connectivity index (χ0n) is 11.3. The predicted molar refractivity (Wildman–Crippen MR) is 78.3 cm³/mol. The van der Waals surface area contributed by atoms with Crippen LogP contribution in [-0.4, -0.2) is 11.9 Å². The largest absolute Gasteiger partial charge is 0.493 e. The Morgan fingerprint density at radius 1 is 1.33 bits per heavy atom. The van der Waals surface area contributed by atoms with E-state index in [0.29, 0.717) is 11.5 Å². The molecule has 0 saturated heterocycles. The van der Waals surface area contributed by atoms with Gasteiger partial charge >= 0.3 is 0 Å². The number of ether oxygens (including phenoxy) is 1. The summed E-state index contributed by atoms with van der Waals surface area (Å²) in [4.78, 5) is 0. The summed E-state index contributed by atoms with van der Waals surface area (Å²) < 4.78 is 5.93. The third kappa shape index (κ3) is 4.03. The fraction of sp³-hybridized carbons (Fsp3) is 0.533. The molecule has 0 aliphatic heterocycles. The number of hydrogen-bond acceptors (Lipinski definition) is 2. The Morgan fingerprint density at radius 3 is 2.39 bits per heavy atom. The highest BCUT2D eigenvalue weighted by molar-refractivity contribution is 9.09. The molecule has 1 unspecified atom stereocenters. The molecule has 2 nitrogen and oxygen atoms in total. The molecule has 98 valence electrons. The zero-order valence-corrected chi connectivity index (χ0v) is 12.9. The lowest BCUT2D eigenvalue weighted by Crippen LogP contribution is -2.14. The molecule has 18 heavy (non-hydrogen) atoms. The number of rotatable bonds is 6. The van der Waals surface area contributed by atoms with Crippen LogP contribution in [0.25, 0.3) is 0 Å². The second-order valence-corrected chi connectivity index (χ2v) is 5.32. The first-order chi connectivity index (χ1) is 8.62. The molecule has 1 rings (SSSR count). The molecular weight excluding hydrogens is 290 g/mol. The maximum absolute atomic E-state index is 8.91. The van der Waals surface area contributed by atoms with Crippen LogP contribution >= 0.6 is 15.9 Å². The maximum atomic E-state index is 8.91. The predicted octanol–water partition coefficient (Wildman–Crippen LogP) is 4.37. The van der Waals surface area contributed by atoms with Gasteiger partial charge in [-0.05, 0) is 43.5 Å². The first-order valence-corrected chi connectivity index (χ1v) is 7.44. The molecule has 0 heterocycles. The van der Waals surface area contributed by atoms with Gasteiger partial charge in [0.2, 0.25) is 0 Å². The Balaban J connectivity index is 2.76. The lowest BCUT2D eigenvalue weighted by Gasteiger charge is -2.17. The topological polar surface area (TPSA) is 33.0 Å². The zero-order chi connectivity index (χ0) is 13.5. The number of alkyl halides is 1. The summed E-state index contributed by atoms with van der Waals surface area (Å²) in [7, 11) is 0. The molecule has 0 N–H and O–H groups in total. The van der Waals surface area contributed by atoms with Gasteiger partial charge < -0.3 is 4.74 Å². The molecule has 0 amide bonds. The Bertz CT molecular complexity index is 414. The minimum atomic E-state index is 0.546. The normalized spacial score (nSPS) is 11.9. The van der Waals surface area contributed by atoms with E-state index < -0.39 is 0 Å². The summed E-state index contributed by atoms with van der Waals surface area (Å²) in [5.41, 5.74) is 2.77. The molecular formula is C15H20BrNO. The van der Waals surface area contributed by atoms with Crippen LogP contribution in [-0.2, 0) is 0 Å². The van der Waals surface area contributed by atoms with Crippen LogP contribution < -0.4 is 4.74 Å². The van der Waals surface area contributed by atoms with Gasteiger partial charge in [0.15, 0.2) is 0 Å². The SMILES string of the molecule is CCCC(CBr)COc1c(C)cc(C#N)cc1C. The fourth-order valence-corrected chi connectivity index (χ4v) is 2.57.